The molecule has 1 aromatic heterocycles. The lowest BCUT2D eigenvalue weighted by molar-refractivity contribution is -0.384. The van der Waals surface area contributed by atoms with Crippen molar-refractivity contribution >= 4 is 5.69 Å². The van der Waals surface area contributed by atoms with Gasteiger partial charge in [-0.15, -0.1) is 0 Å². The SMILES string of the molecule is Cc1nc(C(F)(F)F)cn1-c1ccc([N+](=O)[O-])cc1. The molecule has 0 spiro atoms. The van der Waals surface area contributed by atoms with Crippen LogP contribution in [0.25, 0.3) is 5.69 Å². The molecule has 0 N–H and O–H groups in total. The standard InChI is InChI=1S/C11H8F3N3O2/c1-7-15-10(11(12,13)14)6-16(7)8-2-4-9(5-3-8)17(18)19/h2-6H,1H3. The maximum atomic E-state index is 12.5. The lowest BCUT2D eigenvalue weighted by atomic mass is 10.3. The first-order valence-corrected chi connectivity index (χ1v) is 5.17. The van der Waals surface area contributed by atoms with Crippen LogP contribution in [0.3, 0.4) is 0 Å². The van der Waals surface area contributed by atoms with Crippen molar-refractivity contribution in [3.63, 3.8) is 0 Å². The summed E-state index contributed by atoms with van der Waals surface area (Å²) in [5.74, 6) is 0.154. The Balaban J connectivity index is 2.42. The van der Waals surface area contributed by atoms with Crippen molar-refractivity contribution in [2.75, 3.05) is 0 Å². The maximum absolute atomic E-state index is 12.5. The van der Waals surface area contributed by atoms with Crippen LogP contribution in [0.15, 0.2) is 30.5 Å². The van der Waals surface area contributed by atoms with Crippen LogP contribution in [0, 0.1) is 17.0 Å². The maximum Gasteiger partial charge on any atom is 0.434 e. The van der Waals surface area contributed by atoms with Crippen LogP contribution < -0.4 is 0 Å². The molecule has 19 heavy (non-hydrogen) atoms. The van der Waals surface area contributed by atoms with E-state index in [0.29, 0.717) is 5.69 Å². The van der Waals surface area contributed by atoms with Gasteiger partial charge in [-0.3, -0.25) is 10.1 Å². The Hall–Kier alpha value is -2.38. The summed E-state index contributed by atoms with van der Waals surface area (Å²) in [6.07, 6.45) is -3.66. The predicted octanol–water partition coefficient (Wildman–Crippen LogP) is 3.11. The van der Waals surface area contributed by atoms with Gasteiger partial charge >= 0.3 is 6.18 Å². The highest BCUT2D eigenvalue weighted by molar-refractivity contribution is 5.42. The van der Waals surface area contributed by atoms with Crippen LogP contribution in [-0.4, -0.2) is 14.5 Å². The second-order valence-corrected chi connectivity index (χ2v) is 3.81. The lowest BCUT2D eigenvalue weighted by Gasteiger charge is -2.04. The third-order valence-electron chi connectivity index (χ3n) is 2.51. The van der Waals surface area contributed by atoms with Gasteiger partial charge in [-0.1, -0.05) is 0 Å². The summed E-state index contributed by atoms with van der Waals surface area (Å²) in [6, 6.07) is 5.18. The molecule has 2 rings (SSSR count). The van der Waals surface area contributed by atoms with Gasteiger partial charge in [0.25, 0.3) is 5.69 Å². The monoisotopic (exact) mass is 271 g/mol. The summed E-state index contributed by atoms with van der Waals surface area (Å²) < 4.78 is 38.7. The molecule has 1 heterocycles. The van der Waals surface area contributed by atoms with Gasteiger partial charge in [0.05, 0.1) is 4.92 Å². The minimum atomic E-state index is -4.52. The molecule has 0 bridgehead atoms. The zero-order valence-electron chi connectivity index (χ0n) is 9.68. The molecule has 0 unspecified atom stereocenters. The predicted molar refractivity (Wildman–Crippen MR) is 60.0 cm³/mol. The van der Waals surface area contributed by atoms with Crippen LogP contribution in [0.2, 0.25) is 0 Å². The normalized spacial score (nSPS) is 11.6. The van der Waals surface area contributed by atoms with E-state index in [-0.39, 0.29) is 11.5 Å². The molecule has 8 heteroatoms. The molecule has 0 aliphatic carbocycles. The van der Waals surface area contributed by atoms with Crippen LogP contribution in [0.1, 0.15) is 11.5 Å². The quantitative estimate of drug-likeness (QED) is 0.622. The van der Waals surface area contributed by atoms with Gasteiger partial charge in [0.15, 0.2) is 5.69 Å². The van der Waals surface area contributed by atoms with Gasteiger partial charge in [0.2, 0.25) is 0 Å². The van der Waals surface area contributed by atoms with Crippen LogP contribution in [0.5, 0.6) is 0 Å². The van der Waals surface area contributed by atoms with Gasteiger partial charge < -0.3 is 4.57 Å². The number of rotatable bonds is 2. The van der Waals surface area contributed by atoms with Crippen molar-refractivity contribution in [2.24, 2.45) is 0 Å². The first-order chi connectivity index (χ1) is 8.79. The van der Waals surface area contributed by atoms with Crippen LogP contribution in [0.4, 0.5) is 18.9 Å². The van der Waals surface area contributed by atoms with E-state index in [2.05, 4.69) is 4.98 Å². The third-order valence-corrected chi connectivity index (χ3v) is 2.51. The molecule has 0 radical (unpaired) electrons. The molecule has 0 fully saturated rings. The molecule has 0 aliphatic heterocycles. The Morgan fingerprint density at radius 3 is 2.26 bits per heavy atom. The molecular weight excluding hydrogens is 263 g/mol. The lowest BCUT2D eigenvalue weighted by Crippen LogP contribution is -2.04. The molecule has 1 aromatic carbocycles. The van der Waals surface area contributed by atoms with Gasteiger partial charge in [0, 0.05) is 24.0 Å². The molecule has 0 amide bonds. The average Bonchev–Trinajstić information content (AvgIpc) is 2.71. The van der Waals surface area contributed by atoms with Crippen LogP contribution in [-0.2, 0) is 6.18 Å². The van der Waals surface area contributed by atoms with Gasteiger partial charge in [-0.2, -0.15) is 13.2 Å². The van der Waals surface area contributed by atoms with Crippen molar-refractivity contribution in [3.8, 4) is 5.69 Å². The number of halogens is 3. The first kappa shape index (κ1) is 13.1. The van der Waals surface area contributed by atoms with Crippen molar-refractivity contribution in [2.45, 2.75) is 13.1 Å². The molecule has 5 nitrogen and oxygen atoms in total. The zero-order chi connectivity index (χ0) is 14.2. The molecule has 100 valence electrons. The molecule has 0 atom stereocenters. The second kappa shape index (κ2) is 4.38. The van der Waals surface area contributed by atoms with E-state index in [1.165, 1.54) is 35.8 Å². The first-order valence-electron chi connectivity index (χ1n) is 5.17. The van der Waals surface area contributed by atoms with Gasteiger partial charge in [-0.05, 0) is 19.1 Å². The fourth-order valence-electron chi connectivity index (χ4n) is 1.61. The van der Waals surface area contributed by atoms with E-state index in [1.54, 1.807) is 0 Å². The summed E-state index contributed by atoms with van der Waals surface area (Å²) in [5, 5.41) is 10.5. The van der Waals surface area contributed by atoms with Crippen molar-refractivity contribution in [3.05, 3.63) is 52.1 Å². The smallest absolute Gasteiger partial charge is 0.303 e. The zero-order valence-corrected chi connectivity index (χ0v) is 9.68. The minimum absolute atomic E-state index is 0.127. The van der Waals surface area contributed by atoms with Crippen molar-refractivity contribution < 1.29 is 18.1 Å². The Kier molecular flexibility index (Phi) is 3.01. The topological polar surface area (TPSA) is 61.0 Å². The number of hydrogen-bond donors (Lipinski definition) is 0. The van der Waals surface area contributed by atoms with Gasteiger partial charge in [0.1, 0.15) is 5.82 Å². The van der Waals surface area contributed by atoms with Crippen molar-refractivity contribution in [1.29, 1.82) is 0 Å². The number of non-ortho nitro benzene ring substituents is 1. The number of nitro groups is 1. The summed E-state index contributed by atoms with van der Waals surface area (Å²) in [7, 11) is 0. The van der Waals surface area contributed by atoms with Gasteiger partial charge in [-0.25, -0.2) is 4.98 Å². The van der Waals surface area contributed by atoms with E-state index in [9.17, 15) is 23.3 Å². The Morgan fingerprint density at radius 2 is 1.84 bits per heavy atom. The number of alkyl halides is 3. The molecule has 0 saturated heterocycles. The summed E-state index contributed by atoms with van der Waals surface area (Å²) >= 11 is 0. The van der Waals surface area contributed by atoms with E-state index >= 15 is 0 Å². The van der Waals surface area contributed by atoms with Crippen molar-refractivity contribution in [1.82, 2.24) is 9.55 Å². The number of hydrogen-bond acceptors (Lipinski definition) is 3. The van der Waals surface area contributed by atoms with E-state index < -0.39 is 16.8 Å². The number of benzene rings is 1. The fourth-order valence-corrected chi connectivity index (χ4v) is 1.61. The average molecular weight is 271 g/mol. The van der Waals surface area contributed by atoms with E-state index in [4.69, 9.17) is 0 Å². The highest BCUT2D eigenvalue weighted by Crippen LogP contribution is 2.29. The summed E-state index contributed by atoms with van der Waals surface area (Å²) in [4.78, 5) is 13.3. The number of aryl methyl sites for hydroxylation is 1. The largest absolute Gasteiger partial charge is 0.434 e. The molecular formula is C11H8F3N3O2. The number of nitrogens with zero attached hydrogens (tertiary/aromatic N) is 3. The number of nitro benzene ring substituents is 1. The fraction of sp³-hybridized carbons (Fsp3) is 0.182. The third kappa shape index (κ3) is 2.56. The highest BCUT2D eigenvalue weighted by Gasteiger charge is 2.34. The summed E-state index contributed by atoms with van der Waals surface area (Å²) in [6.45, 7) is 1.43. The number of aromatic nitrogens is 2. The highest BCUT2D eigenvalue weighted by atomic mass is 19.4. The van der Waals surface area contributed by atoms with E-state index in [0.717, 1.165) is 6.20 Å². The van der Waals surface area contributed by atoms with E-state index in [1.807, 2.05) is 0 Å². The Morgan fingerprint density at radius 1 is 1.26 bits per heavy atom. The molecule has 0 saturated carbocycles. The van der Waals surface area contributed by atoms with Crippen LogP contribution >= 0.6 is 0 Å². The second-order valence-electron chi connectivity index (χ2n) is 3.81. The number of imidazole rings is 1. The minimum Gasteiger partial charge on any atom is -0.303 e. The summed E-state index contributed by atoms with van der Waals surface area (Å²) in [5.41, 5.74) is -0.744. The molecule has 0 aliphatic rings. The Labute approximate surface area is 105 Å². The Bertz CT molecular complexity index is 617. The molecule has 2 aromatic rings.